The van der Waals surface area contributed by atoms with Crippen molar-refractivity contribution >= 4 is 5.95 Å². The number of aryl methyl sites for hydroxylation is 2. The number of nitrogens with zero attached hydrogens (tertiary/aromatic N) is 4. The van der Waals surface area contributed by atoms with Gasteiger partial charge >= 0.3 is 0 Å². The molecule has 0 radical (unpaired) electrons. The van der Waals surface area contributed by atoms with Crippen LogP contribution in [0, 0.1) is 13.8 Å². The Hall–Kier alpha value is -2.01. The molecule has 5 heteroatoms. The van der Waals surface area contributed by atoms with Crippen LogP contribution in [0.2, 0.25) is 0 Å². The van der Waals surface area contributed by atoms with Gasteiger partial charge in [0.05, 0.1) is 11.4 Å². The lowest BCUT2D eigenvalue weighted by atomic mass is 10.1. The molecule has 0 bridgehead atoms. The normalized spacial score (nSPS) is 10.5. The molecule has 0 spiro atoms. The van der Waals surface area contributed by atoms with Crippen LogP contribution in [0.1, 0.15) is 22.5 Å². The van der Waals surface area contributed by atoms with Crippen molar-refractivity contribution in [3.63, 3.8) is 0 Å². The summed E-state index contributed by atoms with van der Waals surface area (Å²) in [5.41, 5.74) is 9.85. The van der Waals surface area contributed by atoms with E-state index in [2.05, 4.69) is 21.2 Å². The van der Waals surface area contributed by atoms with Crippen LogP contribution in [-0.2, 0) is 13.1 Å². The summed E-state index contributed by atoms with van der Waals surface area (Å²) in [4.78, 5) is 6.43. The van der Waals surface area contributed by atoms with Crippen LogP contribution < -0.4 is 10.6 Å². The van der Waals surface area contributed by atoms with Gasteiger partial charge in [0.1, 0.15) is 0 Å². The summed E-state index contributed by atoms with van der Waals surface area (Å²) in [6, 6.07) is 8.14. The van der Waals surface area contributed by atoms with Gasteiger partial charge in [0.15, 0.2) is 0 Å². The Morgan fingerprint density at radius 2 is 1.74 bits per heavy atom. The average Bonchev–Trinajstić information content (AvgIpc) is 2.42. The molecule has 1 aromatic heterocycles. The topological polar surface area (TPSA) is 67.9 Å². The van der Waals surface area contributed by atoms with Crippen molar-refractivity contribution in [3.05, 3.63) is 46.8 Å². The highest BCUT2D eigenvalue weighted by Gasteiger charge is 2.09. The van der Waals surface area contributed by atoms with E-state index in [4.69, 9.17) is 5.73 Å². The van der Waals surface area contributed by atoms with Gasteiger partial charge in [-0.1, -0.05) is 24.3 Å². The lowest BCUT2D eigenvalue weighted by Gasteiger charge is -2.18. The SMILES string of the molecule is Cc1nnc(N(C)Cc2ccccc2CN)nc1C. The number of hydrogen-bond acceptors (Lipinski definition) is 5. The van der Waals surface area contributed by atoms with Gasteiger partial charge in [-0.15, -0.1) is 5.10 Å². The van der Waals surface area contributed by atoms with Crippen molar-refractivity contribution in [2.45, 2.75) is 26.9 Å². The monoisotopic (exact) mass is 257 g/mol. The van der Waals surface area contributed by atoms with E-state index in [0.717, 1.165) is 23.5 Å². The number of aromatic nitrogens is 3. The van der Waals surface area contributed by atoms with Crippen LogP contribution in [0.3, 0.4) is 0 Å². The number of rotatable bonds is 4. The summed E-state index contributed by atoms with van der Waals surface area (Å²) < 4.78 is 0. The number of nitrogens with two attached hydrogens (primary N) is 1. The first kappa shape index (κ1) is 13.4. The van der Waals surface area contributed by atoms with Gasteiger partial charge < -0.3 is 10.6 Å². The van der Waals surface area contributed by atoms with E-state index < -0.39 is 0 Å². The molecule has 0 amide bonds. The fraction of sp³-hybridized carbons (Fsp3) is 0.357. The minimum atomic E-state index is 0.538. The Balaban J connectivity index is 2.20. The van der Waals surface area contributed by atoms with Gasteiger partial charge in [-0.25, -0.2) is 4.98 Å². The second-order valence-electron chi connectivity index (χ2n) is 4.61. The van der Waals surface area contributed by atoms with Crippen LogP contribution in [0.25, 0.3) is 0 Å². The molecule has 0 saturated carbocycles. The summed E-state index contributed by atoms with van der Waals surface area (Å²) in [5, 5.41) is 8.23. The van der Waals surface area contributed by atoms with Crippen molar-refractivity contribution in [2.75, 3.05) is 11.9 Å². The molecule has 1 aromatic carbocycles. The largest absolute Gasteiger partial charge is 0.338 e. The maximum Gasteiger partial charge on any atom is 0.245 e. The van der Waals surface area contributed by atoms with Crippen molar-refractivity contribution < 1.29 is 0 Å². The fourth-order valence-corrected chi connectivity index (χ4v) is 1.84. The molecule has 0 unspecified atom stereocenters. The Kier molecular flexibility index (Phi) is 4.06. The van der Waals surface area contributed by atoms with E-state index in [-0.39, 0.29) is 0 Å². The highest BCUT2D eigenvalue weighted by atomic mass is 15.3. The number of anilines is 1. The summed E-state index contributed by atoms with van der Waals surface area (Å²) in [7, 11) is 1.96. The Labute approximate surface area is 113 Å². The van der Waals surface area contributed by atoms with E-state index >= 15 is 0 Å². The molecule has 2 aromatic rings. The number of benzene rings is 1. The van der Waals surface area contributed by atoms with E-state index in [1.54, 1.807) is 0 Å². The van der Waals surface area contributed by atoms with Crippen LogP contribution in [-0.4, -0.2) is 22.2 Å². The first-order valence-corrected chi connectivity index (χ1v) is 6.27. The molecule has 100 valence electrons. The standard InChI is InChI=1S/C14H19N5/c1-10-11(2)17-18-14(16-10)19(3)9-13-7-5-4-6-12(13)8-15/h4-7H,8-9,15H2,1-3H3. The molecule has 0 saturated heterocycles. The van der Waals surface area contributed by atoms with Crippen molar-refractivity contribution in [1.82, 2.24) is 15.2 Å². The minimum absolute atomic E-state index is 0.538. The molecule has 0 aliphatic carbocycles. The maximum atomic E-state index is 5.75. The van der Waals surface area contributed by atoms with E-state index in [9.17, 15) is 0 Å². The summed E-state index contributed by atoms with van der Waals surface area (Å²) in [6.45, 7) is 5.10. The Morgan fingerprint density at radius 3 is 2.37 bits per heavy atom. The average molecular weight is 257 g/mol. The van der Waals surface area contributed by atoms with Crippen molar-refractivity contribution in [1.29, 1.82) is 0 Å². The molecule has 0 aliphatic rings. The van der Waals surface area contributed by atoms with E-state index in [1.165, 1.54) is 5.56 Å². The van der Waals surface area contributed by atoms with Gasteiger partial charge in [0.2, 0.25) is 5.95 Å². The predicted octanol–water partition coefficient (Wildman–Crippen LogP) is 1.58. The van der Waals surface area contributed by atoms with Gasteiger partial charge in [-0.05, 0) is 25.0 Å². The molecule has 5 nitrogen and oxygen atoms in total. The van der Waals surface area contributed by atoms with Crippen LogP contribution in [0.5, 0.6) is 0 Å². The third-order valence-corrected chi connectivity index (χ3v) is 3.17. The Morgan fingerprint density at radius 1 is 1.05 bits per heavy atom. The zero-order chi connectivity index (χ0) is 13.8. The summed E-state index contributed by atoms with van der Waals surface area (Å²) in [5.74, 6) is 0.634. The molecule has 2 rings (SSSR count). The molecular weight excluding hydrogens is 238 g/mol. The van der Waals surface area contributed by atoms with Gasteiger partial charge in [-0.2, -0.15) is 5.10 Å². The highest BCUT2D eigenvalue weighted by Crippen LogP contribution is 2.14. The zero-order valence-electron chi connectivity index (χ0n) is 11.6. The summed E-state index contributed by atoms with van der Waals surface area (Å²) in [6.07, 6.45) is 0. The van der Waals surface area contributed by atoms with Crippen molar-refractivity contribution in [3.8, 4) is 0 Å². The highest BCUT2D eigenvalue weighted by molar-refractivity contribution is 5.34. The van der Waals surface area contributed by atoms with Crippen LogP contribution in [0.4, 0.5) is 5.95 Å². The maximum absolute atomic E-state index is 5.75. The van der Waals surface area contributed by atoms with E-state index in [1.807, 2.05) is 44.0 Å². The first-order chi connectivity index (χ1) is 9.11. The molecule has 1 heterocycles. The molecule has 19 heavy (non-hydrogen) atoms. The number of hydrogen-bond donors (Lipinski definition) is 1. The molecule has 2 N–H and O–H groups in total. The second kappa shape index (κ2) is 5.75. The summed E-state index contributed by atoms with van der Waals surface area (Å²) >= 11 is 0. The first-order valence-electron chi connectivity index (χ1n) is 6.27. The third kappa shape index (κ3) is 3.06. The molecule has 0 atom stereocenters. The second-order valence-corrected chi connectivity index (χ2v) is 4.61. The molecule has 0 fully saturated rings. The zero-order valence-corrected chi connectivity index (χ0v) is 11.6. The van der Waals surface area contributed by atoms with Gasteiger partial charge in [0, 0.05) is 20.1 Å². The molecule has 0 aliphatic heterocycles. The van der Waals surface area contributed by atoms with Crippen LogP contribution in [0.15, 0.2) is 24.3 Å². The minimum Gasteiger partial charge on any atom is -0.338 e. The quantitative estimate of drug-likeness (QED) is 0.900. The Bertz CT molecular complexity index is 568. The predicted molar refractivity (Wildman–Crippen MR) is 75.7 cm³/mol. The van der Waals surface area contributed by atoms with E-state index in [0.29, 0.717) is 12.5 Å². The lowest BCUT2D eigenvalue weighted by molar-refractivity contribution is 0.798. The third-order valence-electron chi connectivity index (χ3n) is 3.17. The smallest absolute Gasteiger partial charge is 0.245 e. The lowest BCUT2D eigenvalue weighted by Crippen LogP contribution is -2.21. The fourth-order valence-electron chi connectivity index (χ4n) is 1.84. The van der Waals surface area contributed by atoms with Crippen LogP contribution >= 0.6 is 0 Å². The van der Waals surface area contributed by atoms with Gasteiger partial charge in [0.25, 0.3) is 0 Å². The van der Waals surface area contributed by atoms with Gasteiger partial charge in [-0.3, -0.25) is 0 Å². The molecular formula is C14H19N5. The van der Waals surface area contributed by atoms with Crippen molar-refractivity contribution in [2.24, 2.45) is 5.73 Å².